The van der Waals surface area contributed by atoms with Gasteiger partial charge in [-0.1, -0.05) is 18.2 Å². The number of ether oxygens (including phenoxy) is 1. The maximum atomic E-state index is 12.1. The normalized spacial score (nSPS) is 19.5. The van der Waals surface area contributed by atoms with Gasteiger partial charge in [0.05, 0.1) is 12.3 Å². The fourth-order valence-corrected chi connectivity index (χ4v) is 4.61. The Hall–Kier alpha value is -2.96. The maximum Gasteiger partial charge on any atom is 0.287 e. The monoisotopic (exact) mass is 424 g/mol. The minimum atomic E-state index is -0.175. The van der Waals surface area contributed by atoms with E-state index in [0.29, 0.717) is 18.8 Å². The van der Waals surface area contributed by atoms with Gasteiger partial charge in [-0.2, -0.15) is 0 Å². The number of benzene rings is 1. The molecule has 1 aromatic carbocycles. The SMILES string of the molecule is CN=C(NCCCNC(=O)c1occc1C)NC1CC2(CCCC2)Oc2ccccc21. The Morgan fingerprint density at radius 1 is 1.16 bits per heavy atom. The molecule has 7 heteroatoms. The lowest BCUT2D eigenvalue weighted by Crippen LogP contribution is -2.47. The third-order valence-electron chi connectivity index (χ3n) is 6.25. The zero-order valence-electron chi connectivity index (χ0n) is 18.4. The maximum absolute atomic E-state index is 12.1. The highest BCUT2D eigenvalue weighted by Crippen LogP contribution is 2.46. The molecule has 166 valence electrons. The first-order valence-electron chi connectivity index (χ1n) is 11.2. The molecule has 0 radical (unpaired) electrons. The Labute approximate surface area is 183 Å². The largest absolute Gasteiger partial charge is 0.487 e. The highest BCUT2D eigenvalue weighted by Gasteiger charge is 2.43. The third-order valence-corrected chi connectivity index (χ3v) is 6.25. The molecular weight excluding hydrogens is 392 g/mol. The van der Waals surface area contributed by atoms with Crippen LogP contribution < -0.4 is 20.7 Å². The van der Waals surface area contributed by atoms with E-state index in [1.807, 2.05) is 13.0 Å². The molecular formula is C24H32N4O3. The molecule has 3 N–H and O–H groups in total. The number of guanidine groups is 1. The third kappa shape index (κ3) is 4.86. The van der Waals surface area contributed by atoms with Crippen LogP contribution in [0.15, 0.2) is 46.0 Å². The number of nitrogens with zero attached hydrogens (tertiary/aromatic N) is 1. The number of carbonyl (C=O) groups excluding carboxylic acids is 1. The van der Waals surface area contributed by atoms with Crippen molar-refractivity contribution in [3.05, 3.63) is 53.5 Å². The summed E-state index contributed by atoms with van der Waals surface area (Å²) in [5, 5.41) is 9.86. The van der Waals surface area contributed by atoms with Crippen LogP contribution in [-0.2, 0) is 0 Å². The molecule has 1 spiro atoms. The molecule has 31 heavy (non-hydrogen) atoms. The molecule has 1 unspecified atom stereocenters. The van der Waals surface area contributed by atoms with E-state index in [1.165, 1.54) is 24.7 Å². The van der Waals surface area contributed by atoms with E-state index in [9.17, 15) is 4.79 Å². The Balaban J connectivity index is 1.29. The van der Waals surface area contributed by atoms with Crippen molar-refractivity contribution in [2.45, 2.75) is 57.1 Å². The molecule has 7 nitrogen and oxygen atoms in total. The Morgan fingerprint density at radius 3 is 2.68 bits per heavy atom. The number of para-hydroxylation sites is 1. The second-order valence-corrected chi connectivity index (χ2v) is 8.47. The van der Waals surface area contributed by atoms with E-state index in [0.717, 1.165) is 43.0 Å². The van der Waals surface area contributed by atoms with Crippen LogP contribution in [0.25, 0.3) is 0 Å². The molecule has 0 bridgehead atoms. The smallest absolute Gasteiger partial charge is 0.287 e. The van der Waals surface area contributed by atoms with Crippen molar-refractivity contribution in [1.29, 1.82) is 0 Å². The van der Waals surface area contributed by atoms with Gasteiger partial charge in [-0.15, -0.1) is 0 Å². The first kappa shape index (κ1) is 21.3. The van der Waals surface area contributed by atoms with Gasteiger partial charge >= 0.3 is 0 Å². The molecule has 1 fully saturated rings. The number of hydrogen-bond acceptors (Lipinski definition) is 4. The molecule has 1 aliphatic carbocycles. The predicted molar refractivity (Wildman–Crippen MR) is 121 cm³/mol. The summed E-state index contributed by atoms with van der Waals surface area (Å²) in [5.41, 5.74) is 1.97. The lowest BCUT2D eigenvalue weighted by atomic mass is 9.86. The molecule has 4 rings (SSSR count). The Kier molecular flexibility index (Phi) is 6.49. The van der Waals surface area contributed by atoms with E-state index in [1.54, 1.807) is 13.1 Å². The van der Waals surface area contributed by atoms with E-state index in [4.69, 9.17) is 9.15 Å². The lowest BCUT2D eigenvalue weighted by Gasteiger charge is -2.40. The number of fused-ring (bicyclic) bond motifs is 1. The molecule has 1 saturated carbocycles. The van der Waals surface area contributed by atoms with Gasteiger partial charge in [0, 0.05) is 37.7 Å². The number of carbonyl (C=O) groups is 1. The van der Waals surface area contributed by atoms with Crippen molar-refractivity contribution in [3.63, 3.8) is 0 Å². The number of nitrogens with one attached hydrogen (secondary N) is 3. The first-order valence-corrected chi connectivity index (χ1v) is 11.2. The second kappa shape index (κ2) is 9.45. The number of furan rings is 1. The fraction of sp³-hybridized carbons (Fsp3) is 0.500. The van der Waals surface area contributed by atoms with Crippen LogP contribution in [0.1, 0.15) is 66.2 Å². The number of hydrogen-bond donors (Lipinski definition) is 3. The number of aliphatic imine (C=N–C) groups is 1. The van der Waals surface area contributed by atoms with Gasteiger partial charge in [0.2, 0.25) is 0 Å². The van der Waals surface area contributed by atoms with Crippen LogP contribution in [0.5, 0.6) is 5.75 Å². The first-order chi connectivity index (χ1) is 15.1. The summed E-state index contributed by atoms with van der Waals surface area (Å²) in [4.78, 5) is 16.5. The van der Waals surface area contributed by atoms with Gasteiger partial charge in [0.15, 0.2) is 11.7 Å². The summed E-state index contributed by atoms with van der Waals surface area (Å²) in [6.07, 6.45) is 7.94. The zero-order valence-corrected chi connectivity index (χ0v) is 18.4. The summed E-state index contributed by atoms with van der Waals surface area (Å²) in [6, 6.07) is 10.3. The molecule has 1 atom stereocenters. The summed E-state index contributed by atoms with van der Waals surface area (Å²) in [7, 11) is 1.79. The van der Waals surface area contributed by atoms with Crippen LogP contribution in [0.4, 0.5) is 0 Å². The summed E-state index contributed by atoms with van der Waals surface area (Å²) in [6.45, 7) is 3.12. The van der Waals surface area contributed by atoms with Crippen LogP contribution in [0.3, 0.4) is 0 Å². The Bertz CT molecular complexity index is 930. The minimum Gasteiger partial charge on any atom is -0.487 e. The molecule has 2 heterocycles. The van der Waals surface area contributed by atoms with Crippen molar-refractivity contribution < 1.29 is 13.9 Å². The number of rotatable bonds is 6. The Morgan fingerprint density at radius 2 is 1.94 bits per heavy atom. The van der Waals surface area contributed by atoms with Crippen molar-refractivity contribution >= 4 is 11.9 Å². The molecule has 1 aliphatic heterocycles. The van der Waals surface area contributed by atoms with Crippen LogP contribution in [-0.4, -0.2) is 37.6 Å². The fourth-order valence-electron chi connectivity index (χ4n) is 4.61. The molecule has 0 saturated heterocycles. The van der Waals surface area contributed by atoms with E-state index < -0.39 is 0 Å². The average Bonchev–Trinajstić information content (AvgIpc) is 3.41. The van der Waals surface area contributed by atoms with E-state index in [2.05, 4.69) is 39.1 Å². The number of aryl methyl sites for hydroxylation is 1. The second-order valence-electron chi connectivity index (χ2n) is 8.47. The van der Waals surface area contributed by atoms with Gasteiger partial charge in [-0.05, 0) is 51.2 Å². The molecule has 1 amide bonds. The standard InChI is InChI=1S/C24H32N4O3/c1-17-10-15-30-21(17)22(29)26-13-7-14-27-23(25-2)28-19-16-24(11-5-6-12-24)31-20-9-4-3-8-18(19)20/h3-4,8-10,15,19H,5-7,11-14,16H2,1-2H3,(H,26,29)(H2,25,27,28). The van der Waals surface area contributed by atoms with E-state index >= 15 is 0 Å². The van der Waals surface area contributed by atoms with Gasteiger partial charge in [-0.25, -0.2) is 0 Å². The lowest BCUT2D eigenvalue weighted by molar-refractivity contribution is 0.0396. The van der Waals surface area contributed by atoms with Crippen molar-refractivity contribution in [2.75, 3.05) is 20.1 Å². The quantitative estimate of drug-likeness (QED) is 0.374. The highest BCUT2D eigenvalue weighted by atomic mass is 16.5. The van der Waals surface area contributed by atoms with Crippen molar-refractivity contribution in [2.24, 2.45) is 4.99 Å². The van der Waals surface area contributed by atoms with Gasteiger partial charge in [-0.3, -0.25) is 9.79 Å². The summed E-state index contributed by atoms with van der Waals surface area (Å²) >= 11 is 0. The van der Waals surface area contributed by atoms with Gasteiger partial charge in [0.25, 0.3) is 5.91 Å². The van der Waals surface area contributed by atoms with Crippen LogP contribution >= 0.6 is 0 Å². The van der Waals surface area contributed by atoms with Crippen LogP contribution in [0, 0.1) is 6.92 Å². The van der Waals surface area contributed by atoms with Gasteiger partial charge in [0.1, 0.15) is 11.4 Å². The molecule has 1 aromatic heterocycles. The minimum absolute atomic E-state index is 0.0564. The zero-order chi connectivity index (χ0) is 21.7. The highest BCUT2D eigenvalue weighted by molar-refractivity contribution is 5.92. The van der Waals surface area contributed by atoms with Crippen LogP contribution in [0.2, 0.25) is 0 Å². The summed E-state index contributed by atoms with van der Waals surface area (Å²) < 4.78 is 11.7. The van der Waals surface area contributed by atoms with Gasteiger partial charge < -0.3 is 25.1 Å². The number of amides is 1. The van der Waals surface area contributed by atoms with Crippen molar-refractivity contribution in [1.82, 2.24) is 16.0 Å². The van der Waals surface area contributed by atoms with E-state index in [-0.39, 0.29) is 17.6 Å². The average molecular weight is 425 g/mol. The predicted octanol–water partition coefficient (Wildman–Crippen LogP) is 3.71. The summed E-state index contributed by atoms with van der Waals surface area (Å²) in [5.74, 6) is 1.96. The van der Waals surface area contributed by atoms with Crippen molar-refractivity contribution in [3.8, 4) is 5.75 Å². The molecule has 2 aromatic rings. The topological polar surface area (TPSA) is 87.9 Å². The molecule has 2 aliphatic rings.